The molecule has 0 aromatic carbocycles. The van der Waals surface area contributed by atoms with Crippen molar-refractivity contribution < 1.29 is 5.11 Å². The fraction of sp³-hybridized carbons (Fsp3) is 1.00. The summed E-state index contributed by atoms with van der Waals surface area (Å²) in [7, 11) is 3.97. The van der Waals surface area contributed by atoms with Crippen molar-refractivity contribution in [1.82, 2.24) is 4.90 Å². The van der Waals surface area contributed by atoms with Gasteiger partial charge in [0, 0.05) is 12.6 Å². The first kappa shape index (κ1) is 9.96. The van der Waals surface area contributed by atoms with E-state index in [1.54, 1.807) is 0 Å². The highest BCUT2D eigenvalue weighted by Gasteiger charge is 2.32. The molecule has 1 saturated carbocycles. The van der Waals surface area contributed by atoms with E-state index < -0.39 is 5.60 Å². The number of hydrogen-bond donors (Lipinski definition) is 2. The lowest BCUT2D eigenvalue weighted by Crippen LogP contribution is -2.47. The summed E-state index contributed by atoms with van der Waals surface area (Å²) in [6, 6.07) is 0.198. The van der Waals surface area contributed by atoms with Crippen LogP contribution in [0.2, 0.25) is 0 Å². The summed E-state index contributed by atoms with van der Waals surface area (Å²) in [5, 5.41) is 10.1. The largest absolute Gasteiger partial charge is 0.388 e. The van der Waals surface area contributed by atoms with Crippen LogP contribution in [-0.2, 0) is 0 Å². The lowest BCUT2D eigenvalue weighted by atomic mass is 9.82. The Labute approximate surface area is 74.5 Å². The van der Waals surface area contributed by atoms with Gasteiger partial charge in [0.25, 0.3) is 0 Å². The van der Waals surface area contributed by atoms with Gasteiger partial charge in [0.1, 0.15) is 0 Å². The van der Waals surface area contributed by atoms with E-state index in [4.69, 9.17) is 5.73 Å². The normalized spacial score (nSPS) is 37.2. The maximum absolute atomic E-state index is 10.1. The van der Waals surface area contributed by atoms with E-state index >= 15 is 0 Å². The van der Waals surface area contributed by atoms with Crippen LogP contribution in [0.15, 0.2) is 0 Å². The molecule has 0 aromatic rings. The summed E-state index contributed by atoms with van der Waals surface area (Å²) in [6.45, 7) is 0.737. The molecule has 3 N–H and O–H groups in total. The van der Waals surface area contributed by atoms with Crippen LogP contribution >= 0.6 is 0 Å². The van der Waals surface area contributed by atoms with Gasteiger partial charge in [-0.15, -0.1) is 0 Å². The standard InChI is InChI=1S/C9H20N2O/c1-11(2)7-9(12)5-3-4-8(10)6-9/h8,12H,3-7,10H2,1-2H3. The van der Waals surface area contributed by atoms with Gasteiger partial charge in [-0.1, -0.05) is 0 Å². The monoisotopic (exact) mass is 172 g/mol. The van der Waals surface area contributed by atoms with E-state index in [1.165, 1.54) is 0 Å². The van der Waals surface area contributed by atoms with Crippen LogP contribution in [0.4, 0.5) is 0 Å². The molecule has 72 valence electrons. The first-order valence-corrected chi connectivity index (χ1v) is 4.64. The fourth-order valence-electron chi connectivity index (χ4n) is 2.12. The molecule has 2 unspecified atom stereocenters. The van der Waals surface area contributed by atoms with E-state index in [0.29, 0.717) is 0 Å². The minimum absolute atomic E-state index is 0.198. The quantitative estimate of drug-likeness (QED) is 0.625. The zero-order valence-electron chi connectivity index (χ0n) is 8.08. The molecule has 3 nitrogen and oxygen atoms in total. The van der Waals surface area contributed by atoms with Gasteiger partial charge in [-0.3, -0.25) is 0 Å². The number of rotatable bonds is 2. The number of nitrogens with two attached hydrogens (primary N) is 1. The first-order valence-electron chi connectivity index (χ1n) is 4.64. The van der Waals surface area contributed by atoms with Crippen molar-refractivity contribution in [2.24, 2.45) is 5.73 Å². The summed E-state index contributed by atoms with van der Waals surface area (Å²) in [5.41, 5.74) is 5.28. The van der Waals surface area contributed by atoms with Crippen LogP contribution in [-0.4, -0.2) is 42.3 Å². The van der Waals surface area contributed by atoms with Crippen molar-refractivity contribution >= 4 is 0 Å². The summed E-state index contributed by atoms with van der Waals surface area (Å²) >= 11 is 0. The van der Waals surface area contributed by atoms with Crippen LogP contribution in [0.5, 0.6) is 0 Å². The van der Waals surface area contributed by atoms with Gasteiger partial charge in [0.15, 0.2) is 0 Å². The van der Waals surface area contributed by atoms with Gasteiger partial charge >= 0.3 is 0 Å². The maximum atomic E-state index is 10.1. The van der Waals surface area contributed by atoms with Crippen LogP contribution in [0, 0.1) is 0 Å². The summed E-state index contributed by atoms with van der Waals surface area (Å²) in [4.78, 5) is 2.03. The van der Waals surface area contributed by atoms with Crippen molar-refractivity contribution in [2.45, 2.75) is 37.3 Å². The van der Waals surface area contributed by atoms with Gasteiger partial charge < -0.3 is 15.7 Å². The lowest BCUT2D eigenvalue weighted by Gasteiger charge is -2.37. The van der Waals surface area contributed by atoms with Gasteiger partial charge in [-0.2, -0.15) is 0 Å². The first-order chi connectivity index (χ1) is 5.52. The third kappa shape index (κ3) is 2.73. The van der Waals surface area contributed by atoms with Crippen LogP contribution in [0.1, 0.15) is 25.7 Å². The molecule has 2 atom stereocenters. The van der Waals surface area contributed by atoms with Gasteiger partial charge in [-0.25, -0.2) is 0 Å². The predicted molar refractivity (Wildman–Crippen MR) is 49.9 cm³/mol. The molecule has 0 heterocycles. The van der Waals surface area contributed by atoms with E-state index in [2.05, 4.69) is 0 Å². The van der Waals surface area contributed by atoms with Crippen LogP contribution in [0.3, 0.4) is 0 Å². The average molecular weight is 172 g/mol. The lowest BCUT2D eigenvalue weighted by molar-refractivity contribution is -0.0216. The molecule has 3 heteroatoms. The zero-order valence-corrected chi connectivity index (χ0v) is 8.08. The molecule has 0 saturated heterocycles. The molecular weight excluding hydrogens is 152 g/mol. The minimum atomic E-state index is -0.527. The molecule has 12 heavy (non-hydrogen) atoms. The summed E-state index contributed by atoms with van der Waals surface area (Å²) in [6.07, 6.45) is 3.78. The van der Waals surface area contributed by atoms with Crippen molar-refractivity contribution in [3.63, 3.8) is 0 Å². The number of likely N-dealkylation sites (N-methyl/N-ethyl adjacent to an activating group) is 1. The Kier molecular flexibility index (Phi) is 3.09. The fourth-order valence-corrected chi connectivity index (χ4v) is 2.12. The molecule has 0 aliphatic heterocycles. The highest BCUT2D eigenvalue weighted by Crippen LogP contribution is 2.27. The Morgan fingerprint density at radius 2 is 2.25 bits per heavy atom. The molecule has 0 radical (unpaired) electrons. The molecule has 1 aliphatic rings. The Morgan fingerprint density at radius 1 is 1.58 bits per heavy atom. The Morgan fingerprint density at radius 3 is 2.75 bits per heavy atom. The average Bonchev–Trinajstić information content (AvgIpc) is 1.82. The molecule has 1 aliphatic carbocycles. The summed E-state index contributed by atoms with van der Waals surface area (Å²) in [5.74, 6) is 0. The number of aliphatic hydroxyl groups is 1. The summed E-state index contributed by atoms with van der Waals surface area (Å²) < 4.78 is 0. The highest BCUT2D eigenvalue weighted by molar-refractivity contribution is 4.89. The minimum Gasteiger partial charge on any atom is -0.388 e. The third-order valence-corrected chi connectivity index (χ3v) is 2.47. The Hall–Kier alpha value is -0.120. The molecule has 0 amide bonds. The predicted octanol–water partition coefficient (Wildman–Crippen LogP) is 0.180. The molecule has 0 aromatic heterocycles. The molecule has 0 bridgehead atoms. The Bertz CT molecular complexity index is 145. The van der Waals surface area contributed by atoms with Crippen molar-refractivity contribution in [3.8, 4) is 0 Å². The van der Waals surface area contributed by atoms with Gasteiger partial charge in [-0.05, 0) is 39.8 Å². The van der Waals surface area contributed by atoms with E-state index in [0.717, 1.165) is 32.2 Å². The van der Waals surface area contributed by atoms with Gasteiger partial charge in [0.05, 0.1) is 5.60 Å². The molecule has 1 fully saturated rings. The molecule has 0 spiro atoms. The van der Waals surface area contributed by atoms with E-state index in [1.807, 2.05) is 19.0 Å². The second-order valence-corrected chi connectivity index (χ2v) is 4.32. The van der Waals surface area contributed by atoms with Gasteiger partial charge in [0.2, 0.25) is 0 Å². The van der Waals surface area contributed by atoms with E-state index in [-0.39, 0.29) is 6.04 Å². The van der Waals surface area contributed by atoms with E-state index in [9.17, 15) is 5.11 Å². The van der Waals surface area contributed by atoms with Crippen molar-refractivity contribution in [2.75, 3.05) is 20.6 Å². The van der Waals surface area contributed by atoms with Crippen molar-refractivity contribution in [1.29, 1.82) is 0 Å². The highest BCUT2D eigenvalue weighted by atomic mass is 16.3. The van der Waals surface area contributed by atoms with Crippen LogP contribution in [0.25, 0.3) is 0 Å². The zero-order chi connectivity index (χ0) is 9.19. The smallest absolute Gasteiger partial charge is 0.0788 e. The second-order valence-electron chi connectivity index (χ2n) is 4.32. The topological polar surface area (TPSA) is 49.5 Å². The Balaban J connectivity index is 2.45. The molecule has 1 rings (SSSR count). The number of nitrogens with zero attached hydrogens (tertiary/aromatic N) is 1. The van der Waals surface area contributed by atoms with Crippen LogP contribution < -0.4 is 5.73 Å². The SMILES string of the molecule is CN(C)CC1(O)CCCC(N)C1. The second kappa shape index (κ2) is 3.73. The molecular formula is C9H20N2O. The third-order valence-electron chi connectivity index (χ3n) is 2.47. The van der Waals surface area contributed by atoms with Crippen molar-refractivity contribution in [3.05, 3.63) is 0 Å². The maximum Gasteiger partial charge on any atom is 0.0788 e. The number of hydrogen-bond acceptors (Lipinski definition) is 3.